The Morgan fingerprint density at radius 3 is 2.67 bits per heavy atom. The molecule has 0 fully saturated rings. The van der Waals surface area contributed by atoms with E-state index in [0.717, 1.165) is 22.1 Å². The van der Waals surface area contributed by atoms with Gasteiger partial charge >= 0.3 is 0 Å². The molecule has 0 aliphatic carbocycles. The zero-order valence-corrected chi connectivity index (χ0v) is 13.2. The number of rotatable bonds is 3. The molecule has 0 unspecified atom stereocenters. The number of ketones is 1. The number of nitrogens with one attached hydrogen (secondary N) is 1. The van der Waals surface area contributed by atoms with E-state index in [9.17, 15) is 4.79 Å². The summed E-state index contributed by atoms with van der Waals surface area (Å²) in [4.78, 5) is 24.6. The number of nitrogens with zero attached hydrogens (tertiary/aromatic N) is 2. The number of aryl methyl sites for hydroxylation is 1. The van der Waals surface area contributed by atoms with Crippen molar-refractivity contribution in [3.63, 3.8) is 0 Å². The van der Waals surface area contributed by atoms with E-state index in [1.54, 1.807) is 24.8 Å². The SMILES string of the molecule is Cc1ccccc1C(=O)c1c[nH]c2ncc(-c3cccnc3)cc12. The topological polar surface area (TPSA) is 58.6 Å². The average Bonchev–Trinajstić information content (AvgIpc) is 3.05. The Kier molecular flexibility index (Phi) is 3.43. The average molecular weight is 313 g/mol. The molecular formula is C20H15N3O. The fourth-order valence-corrected chi connectivity index (χ4v) is 2.86. The van der Waals surface area contributed by atoms with Crippen LogP contribution in [0.3, 0.4) is 0 Å². The number of carbonyl (C=O) groups is 1. The van der Waals surface area contributed by atoms with Crippen LogP contribution in [-0.2, 0) is 0 Å². The lowest BCUT2D eigenvalue weighted by atomic mass is 9.98. The first-order chi connectivity index (χ1) is 11.7. The molecule has 0 aliphatic heterocycles. The highest BCUT2D eigenvalue weighted by Gasteiger charge is 2.17. The fourth-order valence-electron chi connectivity index (χ4n) is 2.86. The van der Waals surface area contributed by atoms with Crippen molar-refractivity contribution < 1.29 is 4.79 Å². The van der Waals surface area contributed by atoms with E-state index in [1.807, 2.05) is 49.4 Å². The van der Waals surface area contributed by atoms with Gasteiger partial charge < -0.3 is 4.98 Å². The molecule has 1 N–H and O–H groups in total. The van der Waals surface area contributed by atoms with Gasteiger partial charge in [0.05, 0.1) is 0 Å². The first-order valence-corrected chi connectivity index (χ1v) is 7.72. The predicted molar refractivity (Wildman–Crippen MR) is 93.9 cm³/mol. The maximum atomic E-state index is 12.9. The van der Waals surface area contributed by atoms with E-state index in [0.29, 0.717) is 16.8 Å². The first-order valence-electron chi connectivity index (χ1n) is 7.72. The van der Waals surface area contributed by atoms with Crippen molar-refractivity contribution in [3.8, 4) is 11.1 Å². The maximum absolute atomic E-state index is 12.9. The summed E-state index contributed by atoms with van der Waals surface area (Å²) in [6, 6.07) is 13.5. The van der Waals surface area contributed by atoms with Crippen LogP contribution in [-0.4, -0.2) is 20.7 Å². The monoisotopic (exact) mass is 313 g/mol. The van der Waals surface area contributed by atoms with Crippen molar-refractivity contribution in [2.75, 3.05) is 0 Å². The predicted octanol–water partition coefficient (Wildman–Crippen LogP) is 4.16. The molecule has 0 aliphatic rings. The van der Waals surface area contributed by atoms with Crippen LogP contribution in [0.4, 0.5) is 0 Å². The van der Waals surface area contributed by atoms with Crippen LogP contribution >= 0.6 is 0 Å². The smallest absolute Gasteiger partial charge is 0.195 e. The highest BCUT2D eigenvalue weighted by Crippen LogP contribution is 2.26. The summed E-state index contributed by atoms with van der Waals surface area (Å²) in [7, 11) is 0. The van der Waals surface area contributed by atoms with Gasteiger partial charge in [0.25, 0.3) is 0 Å². The molecule has 4 nitrogen and oxygen atoms in total. The van der Waals surface area contributed by atoms with Gasteiger partial charge in [-0.15, -0.1) is 0 Å². The summed E-state index contributed by atoms with van der Waals surface area (Å²) in [6.07, 6.45) is 7.05. The van der Waals surface area contributed by atoms with Crippen LogP contribution in [0.15, 0.2) is 67.3 Å². The van der Waals surface area contributed by atoms with Crippen LogP contribution in [0.25, 0.3) is 22.2 Å². The summed E-state index contributed by atoms with van der Waals surface area (Å²) in [5.41, 5.74) is 4.94. The van der Waals surface area contributed by atoms with E-state index >= 15 is 0 Å². The van der Waals surface area contributed by atoms with Gasteiger partial charge in [-0.2, -0.15) is 0 Å². The lowest BCUT2D eigenvalue weighted by Gasteiger charge is -2.05. The number of hydrogen-bond donors (Lipinski definition) is 1. The molecule has 4 heteroatoms. The third kappa shape index (κ3) is 2.38. The van der Waals surface area contributed by atoms with Crippen molar-refractivity contribution in [2.24, 2.45) is 0 Å². The molecule has 4 rings (SSSR count). The van der Waals surface area contributed by atoms with Gasteiger partial charge in [-0.25, -0.2) is 4.98 Å². The van der Waals surface area contributed by atoms with Gasteiger partial charge in [-0.05, 0) is 24.6 Å². The molecule has 0 amide bonds. The summed E-state index contributed by atoms with van der Waals surface area (Å²) in [5.74, 6) is 0.00415. The van der Waals surface area contributed by atoms with E-state index in [1.165, 1.54) is 0 Å². The van der Waals surface area contributed by atoms with Crippen LogP contribution in [0.2, 0.25) is 0 Å². The second-order valence-electron chi connectivity index (χ2n) is 5.71. The van der Waals surface area contributed by atoms with Crippen molar-refractivity contribution in [2.45, 2.75) is 6.92 Å². The minimum atomic E-state index is 0.00415. The molecule has 3 heterocycles. The molecule has 0 spiro atoms. The third-order valence-corrected chi connectivity index (χ3v) is 4.16. The molecule has 3 aromatic heterocycles. The highest BCUT2D eigenvalue weighted by atomic mass is 16.1. The van der Waals surface area contributed by atoms with Crippen molar-refractivity contribution in [1.82, 2.24) is 15.0 Å². The number of fused-ring (bicyclic) bond motifs is 1. The normalized spacial score (nSPS) is 10.9. The zero-order valence-electron chi connectivity index (χ0n) is 13.2. The Labute approximate surface area is 139 Å². The number of pyridine rings is 2. The Hall–Kier alpha value is -3.27. The number of benzene rings is 1. The lowest BCUT2D eigenvalue weighted by molar-refractivity contribution is 0.104. The van der Waals surface area contributed by atoms with Gasteiger partial charge in [0.2, 0.25) is 0 Å². The summed E-state index contributed by atoms with van der Waals surface area (Å²) in [6.45, 7) is 1.95. The van der Waals surface area contributed by atoms with Crippen molar-refractivity contribution in [1.29, 1.82) is 0 Å². The van der Waals surface area contributed by atoms with Gasteiger partial charge in [-0.1, -0.05) is 30.3 Å². The van der Waals surface area contributed by atoms with E-state index < -0.39 is 0 Å². The van der Waals surface area contributed by atoms with E-state index in [4.69, 9.17) is 0 Å². The Morgan fingerprint density at radius 1 is 1.00 bits per heavy atom. The highest BCUT2D eigenvalue weighted by molar-refractivity contribution is 6.16. The number of hydrogen-bond acceptors (Lipinski definition) is 3. The molecule has 116 valence electrons. The van der Waals surface area contributed by atoms with E-state index in [-0.39, 0.29) is 5.78 Å². The Balaban J connectivity index is 1.85. The van der Waals surface area contributed by atoms with Crippen LogP contribution in [0.5, 0.6) is 0 Å². The fraction of sp³-hybridized carbons (Fsp3) is 0.0500. The Bertz CT molecular complexity index is 1040. The maximum Gasteiger partial charge on any atom is 0.195 e. The molecule has 0 bridgehead atoms. The molecule has 0 radical (unpaired) electrons. The van der Waals surface area contributed by atoms with Crippen molar-refractivity contribution in [3.05, 3.63) is 83.9 Å². The molecule has 24 heavy (non-hydrogen) atoms. The van der Waals surface area contributed by atoms with Gasteiger partial charge in [-0.3, -0.25) is 9.78 Å². The molecule has 4 aromatic rings. The largest absolute Gasteiger partial charge is 0.345 e. The number of aromatic nitrogens is 3. The van der Waals surface area contributed by atoms with Crippen LogP contribution < -0.4 is 0 Å². The van der Waals surface area contributed by atoms with Gasteiger partial charge in [0.1, 0.15) is 5.65 Å². The molecular weight excluding hydrogens is 298 g/mol. The second-order valence-corrected chi connectivity index (χ2v) is 5.71. The zero-order chi connectivity index (χ0) is 16.5. The lowest BCUT2D eigenvalue weighted by Crippen LogP contribution is -2.02. The van der Waals surface area contributed by atoms with Crippen LogP contribution in [0, 0.1) is 6.92 Å². The molecule has 1 aromatic carbocycles. The molecule has 0 saturated heterocycles. The summed E-state index contributed by atoms with van der Waals surface area (Å²) in [5, 5.41) is 0.824. The minimum Gasteiger partial charge on any atom is -0.345 e. The van der Waals surface area contributed by atoms with Crippen molar-refractivity contribution >= 4 is 16.8 Å². The molecule has 0 atom stereocenters. The van der Waals surface area contributed by atoms with E-state index in [2.05, 4.69) is 15.0 Å². The minimum absolute atomic E-state index is 0.00415. The summed E-state index contributed by atoms with van der Waals surface area (Å²) >= 11 is 0. The standard InChI is InChI=1S/C20H15N3O/c1-13-5-2-3-7-16(13)19(24)18-12-23-20-17(18)9-15(11-22-20)14-6-4-8-21-10-14/h2-12H,1H3,(H,22,23). The number of carbonyl (C=O) groups excluding carboxylic acids is 1. The number of H-pyrrole nitrogens is 1. The quantitative estimate of drug-likeness (QED) is 0.578. The second kappa shape index (κ2) is 5.74. The molecule has 0 saturated carbocycles. The van der Waals surface area contributed by atoms with Gasteiger partial charge in [0.15, 0.2) is 5.78 Å². The third-order valence-electron chi connectivity index (χ3n) is 4.16. The van der Waals surface area contributed by atoms with Crippen LogP contribution in [0.1, 0.15) is 21.5 Å². The number of aromatic amines is 1. The first kappa shape index (κ1) is 14.3. The summed E-state index contributed by atoms with van der Waals surface area (Å²) < 4.78 is 0. The van der Waals surface area contributed by atoms with Gasteiger partial charge in [0, 0.05) is 52.4 Å². The Morgan fingerprint density at radius 2 is 1.88 bits per heavy atom.